The molecule has 0 aromatic carbocycles. The van der Waals surface area contributed by atoms with E-state index in [9.17, 15) is 0 Å². The number of hydrogen-bond acceptors (Lipinski definition) is 0. The minimum Gasteiger partial charge on any atom is -0.324 e. The van der Waals surface area contributed by atoms with Gasteiger partial charge in [-0.2, -0.15) is 0 Å². The van der Waals surface area contributed by atoms with E-state index in [1.807, 2.05) is 0 Å². The topological polar surface area (TPSA) is 0 Å². The van der Waals surface area contributed by atoms with Crippen molar-refractivity contribution in [2.45, 2.75) is 297 Å². The van der Waals surface area contributed by atoms with E-state index < -0.39 is 0 Å². The molecule has 51 heavy (non-hydrogen) atoms. The molecule has 0 heterocycles. The van der Waals surface area contributed by atoms with Crippen molar-refractivity contribution >= 4 is 0 Å². The Hall–Kier alpha value is -0.0400. The van der Waals surface area contributed by atoms with Gasteiger partial charge in [-0.15, -0.1) is 0 Å². The van der Waals surface area contributed by atoms with Crippen molar-refractivity contribution in [3.63, 3.8) is 0 Å². The fraction of sp³-hybridized carbons (Fsp3) is 1.00. The van der Waals surface area contributed by atoms with E-state index in [1.54, 1.807) is 0 Å². The largest absolute Gasteiger partial charge is 0.324 e. The minimum atomic E-state index is 1.37. The summed E-state index contributed by atoms with van der Waals surface area (Å²) in [7, 11) is 0. The molecule has 308 valence electrons. The summed E-state index contributed by atoms with van der Waals surface area (Å²) in [5.41, 5.74) is 0. The van der Waals surface area contributed by atoms with Crippen LogP contribution in [-0.2, 0) is 0 Å². The van der Waals surface area contributed by atoms with E-state index in [4.69, 9.17) is 0 Å². The standard InChI is InChI=1S/C50H104N/c1-5-9-13-16-19-22-25-28-31-34-37-40-44-48-51(47-43-12-8-4,49-45-41-38-35-32-29-26-23-20-17-14-10-6-2)50-46-42-39-36-33-30-27-24-21-18-15-11-7-3/h5-50H2,1-4H3/q+1. The highest BCUT2D eigenvalue weighted by molar-refractivity contribution is 4.56. The summed E-state index contributed by atoms with van der Waals surface area (Å²) in [6.45, 7) is 15.3. The molecule has 0 aliphatic rings. The van der Waals surface area contributed by atoms with Crippen LogP contribution in [0.1, 0.15) is 297 Å². The second-order valence-corrected chi connectivity index (χ2v) is 17.7. The summed E-state index contributed by atoms with van der Waals surface area (Å²) in [5.74, 6) is 0. The Labute approximate surface area is 327 Å². The molecular formula is C50H104N+. The average Bonchev–Trinajstić information content (AvgIpc) is 3.14. The molecule has 0 aliphatic carbocycles. The van der Waals surface area contributed by atoms with Crippen molar-refractivity contribution in [1.82, 2.24) is 0 Å². The van der Waals surface area contributed by atoms with Gasteiger partial charge in [-0.3, -0.25) is 0 Å². The highest BCUT2D eigenvalue weighted by atomic mass is 15.3. The first-order valence-corrected chi connectivity index (χ1v) is 25.1. The Morgan fingerprint density at radius 2 is 0.275 bits per heavy atom. The third-order valence-electron chi connectivity index (χ3n) is 12.4. The molecule has 0 bridgehead atoms. The maximum atomic E-state index is 2.40. The zero-order chi connectivity index (χ0) is 37.0. The van der Waals surface area contributed by atoms with Crippen molar-refractivity contribution in [1.29, 1.82) is 0 Å². The van der Waals surface area contributed by atoms with Crippen LogP contribution >= 0.6 is 0 Å². The molecule has 0 spiro atoms. The molecule has 0 unspecified atom stereocenters. The van der Waals surface area contributed by atoms with Gasteiger partial charge in [0.05, 0.1) is 26.2 Å². The zero-order valence-corrected chi connectivity index (χ0v) is 37.0. The van der Waals surface area contributed by atoms with E-state index >= 15 is 0 Å². The molecular weight excluding hydrogens is 615 g/mol. The van der Waals surface area contributed by atoms with Crippen molar-refractivity contribution in [2.24, 2.45) is 0 Å². The first-order valence-electron chi connectivity index (χ1n) is 25.1. The lowest BCUT2D eigenvalue weighted by Crippen LogP contribution is -2.50. The third kappa shape index (κ3) is 39.5. The Kier molecular flexibility index (Phi) is 44.3. The number of quaternary nitrogens is 1. The van der Waals surface area contributed by atoms with Crippen LogP contribution in [0.25, 0.3) is 0 Å². The van der Waals surface area contributed by atoms with Crippen molar-refractivity contribution < 1.29 is 4.48 Å². The van der Waals surface area contributed by atoms with Gasteiger partial charge in [0.1, 0.15) is 0 Å². The summed E-state index contributed by atoms with van der Waals surface area (Å²) in [5, 5.41) is 0. The summed E-state index contributed by atoms with van der Waals surface area (Å²) in [4.78, 5) is 0. The minimum absolute atomic E-state index is 1.37. The Bertz CT molecular complexity index is 524. The fourth-order valence-corrected chi connectivity index (χ4v) is 8.76. The summed E-state index contributed by atoms with van der Waals surface area (Å²) >= 11 is 0. The van der Waals surface area contributed by atoms with Crippen LogP contribution in [0.3, 0.4) is 0 Å². The lowest BCUT2D eigenvalue weighted by molar-refractivity contribution is -0.929. The van der Waals surface area contributed by atoms with Gasteiger partial charge in [0.25, 0.3) is 0 Å². The Morgan fingerprint density at radius 1 is 0.157 bits per heavy atom. The SMILES string of the molecule is CCCCCCCCCCCCCCC[N+](CCCCC)(CCCCCCCCCCCCCCC)CCCCCCCCCCCCCCC. The molecule has 0 amide bonds. The molecule has 0 saturated heterocycles. The van der Waals surface area contributed by atoms with Crippen LogP contribution in [-0.4, -0.2) is 30.7 Å². The van der Waals surface area contributed by atoms with Crippen LogP contribution in [0.5, 0.6) is 0 Å². The third-order valence-corrected chi connectivity index (χ3v) is 12.4. The lowest BCUT2D eigenvalue weighted by atomic mass is 10.0. The first-order chi connectivity index (χ1) is 25.2. The molecule has 0 radical (unpaired) electrons. The smallest absolute Gasteiger partial charge is 0.0786 e. The first kappa shape index (κ1) is 51.0. The molecule has 0 saturated carbocycles. The van der Waals surface area contributed by atoms with Gasteiger partial charge in [0.2, 0.25) is 0 Å². The van der Waals surface area contributed by atoms with E-state index in [-0.39, 0.29) is 0 Å². The summed E-state index contributed by atoms with van der Waals surface area (Å²) in [6.07, 6.45) is 61.7. The molecule has 0 rings (SSSR count). The Morgan fingerprint density at radius 3 is 0.451 bits per heavy atom. The summed E-state index contributed by atoms with van der Waals surface area (Å²) < 4.78 is 1.48. The molecule has 1 heteroatoms. The molecule has 0 atom stereocenters. The molecule has 0 aliphatic heterocycles. The molecule has 0 fully saturated rings. The van der Waals surface area contributed by atoms with Gasteiger partial charge in [-0.05, 0) is 51.4 Å². The van der Waals surface area contributed by atoms with Gasteiger partial charge in [-0.1, -0.05) is 246 Å². The van der Waals surface area contributed by atoms with E-state index in [0.717, 1.165) is 0 Å². The maximum absolute atomic E-state index is 2.40. The van der Waals surface area contributed by atoms with Crippen LogP contribution in [0.2, 0.25) is 0 Å². The van der Waals surface area contributed by atoms with Crippen molar-refractivity contribution in [3.05, 3.63) is 0 Å². The van der Waals surface area contributed by atoms with Crippen molar-refractivity contribution in [3.8, 4) is 0 Å². The van der Waals surface area contributed by atoms with Crippen LogP contribution < -0.4 is 0 Å². The monoisotopic (exact) mass is 719 g/mol. The van der Waals surface area contributed by atoms with Crippen LogP contribution in [0.4, 0.5) is 0 Å². The van der Waals surface area contributed by atoms with E-state index in [0.29, 0.717) is 0 Å². The van der Waals surface area contributed by atoms with E-state index in [2.05, 4.69) is 27.7 Å². The lowest BCUT2D eigenvalue weighted by Gasteiger charge is -2.39. The van der Waals surface area contributed by atoms with Gasteiger partial charge in [-0.25, -0.2) is 0 Å². The molecule has 0 aromatic rings. The molecule has 0 aromatic heterocycles. The van der Waals surface area contributed by atoms with Gasteiger partial charge >= 0.3 is 0 Å². The number of nitrogens with zero attached hydrogens (tertiary/aromatic N) is 1. The van der Waals surface area contributed by atoms with Crippen LogP contribution in [0.15, 0.2) is 0 Å². The average molecular weight is 719 g/mol. The normalized spacial score (nSPS) is 12.0. The van der Waals surface area contributed by atoms with Gasteiger partial charge in [0, 0.05) is 0 Å². The zero-order valence-electron chi connectivity index (χ0n) is 37.0. The van der Waals surface area contributed by atoms with Crippen LogP contribution in [0, 0.1) is 0 Å². The van der Waals surface area contributed by atoms with Gasteiger partial charge < -0.3 is 4.48 Å². The maximum Gasteiger partial charge on any atom is 0.0786 e. The van der Waals surface area contributed by atoms with Gasteiger partial charge in [0.15, 0.2) is 0 Å². The number of unbranched alkanes of at least 4 members (excludes halogenated alkanes) is 38. The Balaban J connectivity index is 4.53. The fourth-order valence-electron chi connectivity index (χ4n) is 8.76. The predicted octanol–water partition coefficient (Wildman–Crippen LogP) is 18.3. The highest BCUT2D eigenvalue weighted by Gasteiger charge is 2.25. The van der Waals surface area contributed by atoms with Crippen molar-refractivity contribution in [2.75, 3.05) is 26.2 Å². The predicted molar refractivity (Wildman–Crippen MR) is 236 cm³/mol. The second kappa shape index (κ2) is 44.4. The number of hydrogen-bond donors (Lipinski definition) is 0. The molecule has 0 N–H and O–H groups in total. The summed E-state index contributed by atoms with van der Waals surface area (Å²) in [6, 6.07) is 0. The number of rotatable bonds is 46. The quantitative estimate of drug-likeness (QED) is 0.0434. The van der Waals surface area contributed by atoms with E-state index in [1.165, 1.54) is 300 Å². The molecule has 1 nitrogen and oxygen atoms in total. The highest BCUT2D eigenvalue weighted by Crippen LogP contribution is 2.21. The second-order valence-electron chi connectivity index (χ2n) is 17.7.